The number of ether oxygens (including phenoxy) is 2. The number of cyclic esters (lactones) is 1. The van der Waals surface area contributed by atoms with Crippen molar-refractivity contribution >= 4 is 17.7 Å². The van der Waals surface area contributed by atoms with Gasteiger partial charge in [0.25, 0.3) is 0 Å². The van der Waals surface area contributed by atoms with Crippen molar-refractivity contribution in [2.45, 2.75) is 6.92 Å². The summed E-state index contributed by atoms with van der Waals surface area (Å²) in [6.07, 6.45) is 0.899. The summed E-state index contributed by atoms with van der Waals surface area (Å²) in [5.74, 6) is -3.50. The Kier molecular flexibility index (Phi) is 2.89. The molecule has 0 spiro atoms. The van der Waals surface area contributed by atoms with Crippen LogP contribution >= 0.6 is 0 Å². The Morgan fingerprint density at radius 2 is 2.07 bits per heavy atom. The average Bonchev–Trinajstić information content (AvgIpc) is 2.46. The first kappa shape index (κ1) is 11.0. The molecule has 0 aromatic rings. The predicted molar refractivity (Wildman–Crippen MR) is 46.5 cm³/mol. The van der Waals surface area contributed by atoms with Crippen LogP contribution in [-0.2, 0) is 23.9 Å². The molecule has 0 aromatic heterocycles. The normalized spacial score (nSPS) is 18.0. The fourth-order valence-corrected chi connectivity index (χ4v) is 1.01. The molecule has 80 valence electrons. The van der Waals surface area contributed by atoms with Crippen LogP contribution in [0.25, 0.3) is 0 Å². The van der Waals surface area contributed by atoms with Gasteiger partial charge in [-0.2, -0.15) is 0 Å². The van der Waals surface area contributed by atoms with Gasteiger partial charge in [0.1, 0.15) is 5.57 Å². The molecule has 0 unspecified atom stereocenters. The van der Waals surface area contributed by atoms with Crippen molar-refractivity contribution in [1.29, 1.82) is 0 Å². The molecular weight excluding hydrogens is 204 g/mol. The molecule has 1 rings (SSSR count). The molecule has 1 heterocycles. The highest BCUT2D eigenvalue weighted by molar-refractivity contribution is 6.17. The van der Waals surface area contributed by atoms with Gasteiger partial charge in [0.2, 0.25) is 5.76 Å². The van der Waals surface area contributed by atoms with Gasteiger partial charge < -0.3 is 14.6 Å². The number of aliphatic hydroxyl groups excluding tert-OH is 1. The number of carbonyl (C=O) groups is 3. The predicted octanol–water partition coefficient (Wildman–Crippen LogP) is 0.00120. The Labute approximate surface area is 84.8 Å². The molecule has 1 aliphatic heterocycles. The van der Waals surface area contributed by atoms with Crippen molar-refractivity contribution in [2.24, 2.45) is 0 Å². The molecule has 0 radical (unpaired) electrons. The Balaban J connectivity index is 3.20. The quantitative estimate of drug-likeness (QED) is 0.300. The third kappa shape index (κ3) is 2.04. The first-order valence-electron chi connectivity index (χ1n) is 3.93. The second kappa shape index (κ2) is 3.95. The van der Waals surface area contributed by atoms with Gasteiger partial charge in [0.15, 0.2) is 11.5 Å². The number of methoxy groups -OCH3 is 1. The summed E-state index contributed by atoms with van der Waals surface area (Å²) in [5, 5.41) is 8.94. The van der Waals surface area contributed by atoms with Crippen LogP contribution in [0, 0.1) is 0 Å². The zero-order valence-electron chi connectivity index (χ0n) is 8.07. The van der Waals surface area contributed by atoms with E-state index < -0.39 is 29.1 Å². The van der Waals surface area contributed by atoms with E-state index in [1.165, 1.54) is 0 Å². The van der Waals surface area contributed by atoms with E-state index in [1.54, 1.807) is 0 Å². The van der Waals surface area contributed by atoms with Crippen molar-refractivity contribution in [3.8, 4) is 0 Å². The molecule has 0 saturated carbocycles. The Morgan fingerprint density at radius 3 is 2.40 bits per heavy atom. The molecule has 1 aliphatic rings. The SMILES string of the molecule is COC(=O)/C(C(C)=O)=C1\C=C(O)C(=O)O1. The van der Waals surface area contributed by atoms with Gasteiger partial charge in [0, 0.05) is 6.08 Å². The largest absolute Gasteiger partial charge is 0.502 e. The summed E-state index contributed by atoms with van der Waals surface area (Å²) in [6.45, 7) is 1.12. The van der Waals surface area contributed by atoms with Gasteiger partial charge in [-0.15, -0.1) is 0 Å². The van der Waals surface area contributed by atoms with Gasteiger partial charge in [-0.25, -0.2) is 9.59 Å². The number of allylic oxidation sites excluding steroid dienone is 1. The maximum Gasteiger partial charge on any atom is 0.378 e. The van der Waals surface area contributed by atoms with Crippen molar-refractivity contribution in [3.63, 3.8) is 0 Å². The number of carbonyl (C=O) groups excluding carboxylic acids is 3. The maximum absolute atomic E-state index is 11.2. The highest BCUT2D eigenvalue weighted by Crippen LogP contribution is 2.20. The Bertz CT molecular complexity index is 401. The zero-order chi connectivity index (χ0) is 11.6. The third-order valence-corrected chi connectivity index (χ3v) is 1.67. The highest BCUT2D eigenvalue weighted by Gasteiger charge is 2.29. The first-order valence-corrected chi connectivity index (χ1v) is 3.93. The molecule has 0 amide bonds. The zero-order valence-corrected chi connectivity index (χ0v) is 8.07. The smallest absolute Gasteiger partial charge is 0.378 e. The fourth-order valence-electron chi connectivity index (χ4n) is 1.01. The lowest BCUT2D eigenvalue weighted by Gasteiger charge is -2.03. The minimum atomic E-state index is -1.01. The summed E-state index contributed by atoms with van der Waals surface area (Å²) >= 11 is 0. The fraction of sp³-hybridized carbons (Fsp3) is 0.222. The third-order valence-electron chi connectivity index (χ3n) is 1.67. The van der Waals surface area contributed by atoms with Crippen LogP contribution in [0.15, 0.2) is 23.2 Å². The number of hydrogen-bond acceptors (Lipinski definition) is 6. The second-order valence-electron chi connectivity index (χ2n) is 2.71. The number of aliphatic hydroxyl groups is 1. The van der Waals surface area contributed by atoms with Crippen LogP contribution in [0.2, 0.25) is 0 Å². The number of Topliss-reactive ketones (excluding diaryl/α,β-unsaturated/α-hetero) is 1. The van der Waals surface area contributed by atoms with Gasteiger partial charge >= 0.3 is 11.9 Å². The lowest BCUT2D eigenvalue weighted by Crippen LogP contribution is -2.14. The average molecular weight is 212 g/mol. The van der Waals surface area contributed by atoms with E-state index in [2.05, 4.69) is 9.47 Å². The molecule has 0 aliphatic carbocycles. The summed E-state index contributed by atoms with van der Waals surface area (Å²) < 4.78 is 8.83. The topological polar surface area (TPSA) is 89.9 Å². The number of hydrogen-bond donors (Lipinski definition) is 1. The van der Waals surface area contributed by atoms with E-state index in [0.717, 1.165) is 20.1 Å². The van der Waals surface area contributed by atoms with Gasteiger partial charge in [-0.05, 0) is 6.92 Å². The Morgan fingerprint density at radius 1 is 1.47 bits per heavy atom. The monoisotopic (exact) mass is 212 g/mol. The van der Waals surface area contributed by atoms with Crippen LogP contribution in [0.4, 0.5) is 0 Å². The van der Waals surface area contributed by atoms with Crippen molar-refractivity contribution in [1.82, 2.24) is 0 Å². The molecular formula is C9H8O6. The number of esters is 2. The van der Waals surface area contributed by atoms with E-state index in [9.17, 15) is 14.4 Å². The molecule has 1 N–H and O–H groups in total. The van der Waals surface area contributed by atoms with E-state index in [0.29, 0.717) is 0 Å². The standard InChI is InChI=1S/C9H8O6/c1-4(10)7(9(13)14-2)6-3-5(11)8(12)15-6/h3,11H,1-2H3/b7-6+. The van der Waals surface area contributed by atoms with Gasteiger partial charge in [-0.1, -0.05) is 0 Å². The van der Waals surface area contributed by atoms with Crippen LogP contribution in [0.1, 0.15) is 6.92 Å². The molecule has 6 heteroatoms. The molecule has 6 nitrogen and oxygen atoms in total. The van der Waals surface area contributed by atoms with Crippen molar-refractivity contribution in [2.75, 3.05) is 7.11 Å². The lowest BCUT2D eigenvalue weighted by atomic mass is 10.1. The lowest BCUT2D eigenvalue weighted by molar-refractivity contribution is -0.138. The number of ketones is 1. The van der Waals surface area contributed by atoms with E-state index in [4.69, 9.17) is 5.11 Å². The summed E-state index contributed by atoms with van der Waals surface area (Å²) in [7, 11) is 1.09. The molecule has 0 fully saturated rings. The molecule has 0 atom stereocenters. The van der Waals surface area contributed by atoms with E-state index in [-0.39, 0.29) is 5.76 Å². The Hall–Kier alpha value is -2.11. The molecule has 0 bridgehead atoms. The van der Waals surface area contributed by atoms with Crippen molar-refractivity contribution < 1.29 is 29.0 Å². The minimum absolute atomic E-state index is 0.295. The highest BCUT2D eigenvalue weighted by atomic mass is 16.6. The summed E-state index contributed by atoms with van der Waals surface area (Å²) in [4.78, 5) is 33.0. The van der Waals surface area contributed by atoms with Crippen LogP contribution in [0.3, 0.4) is 0 Å². The molecule has 15 heavy (non-hydrogen) atoms. The van der Waals surface area contributed by atoms with E-state index in [1.807, 2.05) is 0 Å². The van der Waals surface area contributed by atoms with Crippen molar-refractivity contribution in [3.05, 3.63) is 23.2 Å². The molecule has 0 saturated heterocycles. The van der Waals surface area contributed by atoms with Crippen LogP contribution in [0.5, 0.6) is 0 Å². The van der Waals surface area contributed by atoms with Crippen LogP contribution < -0.4 is 0 Å². The summed E-state index contributed by atoms with van der Waals surface area (Å²) in [5.41, 5.74) is -0.407. The first-order chi connectivity index (χ1) is 6.97. The van der Waals surface area contributed by atoms with Gasteiger partial charge in [-0.3, -0.25) is 4.79 Å². The summed E-state index contributed by atoms with van der Waals surface area (Å²) in [6, 6.07) is 0. The number of rotatable bonds is 2. The maximum atomic E-state index is 11.2. The molecule has 0 aromatic carbocycles. The van der Waals surface area contributed by atoms with Gasteiger partial charge in [0.05, 0.1) is 7.11 Å². The van der Waals surface area contributed by atoms with Crippen LogP contribution in [-0.4, -0.2) is 29.9 Å². The second-order valence-corrected chi connectivity index (χ2v) is 2.71. The van der Waals surface area contributed by atoms with E-state index >= 15 is 0 Å². The minimum Gasteiger partial charge on any atom is -0.502 e.